The molecule has 0 radical (unpaired) electrons. The molecule has 0 aliphatic heterocycles. The summed E-state index contributed by atoms with van der Waals surface area (Å²) in [6.45, 7) is 3.48. The fourth-order valence-corrected chi connectivity index (χ4v) is 2.76. The molecular weight excluding hydrogens is 370 g/mol. The van der Waals surface area contributed by atoms with E-state index in [1.807, 2.05) is 13.8 Å². The van der Waals surface area contributed by atoms with Crippen LogP contribution in [0.1, 0.15) is 13.8 Å². The second-order valence-corrected chi connectivity index (χ2v) is 6.53. The van der Waals surface area contributed by atoms with Crippen LogP contribution in [0.15, 0.2) is 35.3 Å². The maximum Gasteiger partial charge on any atom is 0.262 e. The highest BCUT2D eigenvalue weighted by Gasteiger charge is 2.18. The van der Waals surface area contributed by atoms with Crippen LogP contribution in [0, 0.1) is 0 Å². The third-order valence-electron chi connectivity index (χ3n) is 3.72. The standard InChI is InChI=1S/C18H18ClN5O3/c1-10(2)21-15(25)9-24-17(12-5-4-6-16(22-12)27-3)23-13-8-20-14(19)7-11(13)18(24)26/h4-8,10H,9H2,1-3H3,(H,21,25). The lowest BCUT2D eigenvalue weighted by Gasteiger charge is -2.14. The summed E-state index contributed by atoms with van der Waals surface area (Å²) in [5.74, 6) is 0.307. The van der Waals surface area contributed by atoms with Gasteiger partial charge < -0.3 is 10.1 Å². The number of nitrogens with one attached hydrogen (secondary N) is 1. The van der Waals surface area contributed by atoms with E-state index in [1.165, 1.54) is 23.9 Å². The topological polar surface area (TPSA) is 99.0 Å². The van der Waals surface area contributed by atoms with Crippen LogP contribution in [0.3, 0.4) is 0 Å². The monoisotopic (exact) mass is 387 g/mol. The molecule has 0 fully saturated rings. The zero-order chi connectivity index (χ0) is 19.6. The van der Waals surface area contributed by atoms with E-state index in [9.17, 15) is 9.59 Å². The lowest BCUT2D eigenvalue weighted by Crippen LogP contribution is -2.37. The van der Waals surface area contributed by atoms with Crippen molar-refractivity contribution >= 4 is 28.4 Å². The average Bonchev–Trinajstić information content (AvgIpc) is 2.63. The van der Waals surface area contributed by atoms with Crippen LogP contribution in [0.5, 0.6) is 5.88 Å². The van der Waals surface area contributed by atoms with Crippen molar-refractivity contribution in [1.29, 1.82) is 0 Å². The van der Waals surface area contributed by atoms with E-state index in [-0.39, 0.29) is 34.9 Å². The largest absolute Gasteiger partial charge is 0.481 e. The van der Waals surface area contributed by atoms with E-state index in [2.05, 4.69) is 20.3 Å². The molecule has 0 saturated heterocycles. The lowest BCUT2D eigenvalue weighted by atomic mass is 10.2. The number of fused-ring (bicyclic) bond motifs is 1. The van der Waals surface area contributed by atoms with Crippen LogP contribution in [0.25, 0.3) is 22.4 Å². The number of aromatic nitrogens is 4. The van der Waals surface area contributed by atoms with Gasteiger partial charge in [0.1, 0.15) is 17.4 Å². The number of pyridine rings is 2. The number of rotatable bonds is 5. The maximum absolute atomic E-state index is 13.0. The molecule has 0 saturated carbocycles. The molecule has 0 unspecified atom stereocenters. The summed E-state index contributed by atoms with van der Waals surface area (Å²) in [4.78, 5) is 38.2. The summed E-state index contributed by atoms with van der Waals surface area (Å²) >= 11 is 5.92. The van der Waals surface area contributed by atoms with Gasteiger partial charge in [-0.05, 0) is 26.0 Å². The van der Waals surface area contributed by atoms with Gasteiger partial charge in [-0.3, -0.25) is 14.2 Å². The Morgan fingerprint density at radius 1 is 1.33 bits per heavy atom. The van der Waals surface area contributed by atoms with Gasteiger partial charge in [-0.15, -0.1) is 0 Å². The van der Waals surface area contributed by atoms with Crippen LogP contribution in [0.4, 0.5) is 0 Å². The maximum atomic E-state index is 13.0. The van der Waals surface area contributed by atoms with E-state index >= 15 is 0 Å². The number of hydrogen-bond acceptors (Lipinski definition) is 6. The van der Waals surface area contributed by atoms with Crippen molar-refractivity contribution in [2.24, 2.45) is 0 Å². The van der Waals surface area contributed by atoms with E-state index in [0.717, 1.165) is 0 Å². The van der Waals surface area contributed by atoms with Gasteiger partial charge in [0.2, 0.25) is 11.8 Å². The Kier molecular flexibility index (Phi) is 5.36. The number of halogens is 1. The molecule has 0 bridgehead atoms. The van der Waals surface area contributed by atoms with Crippen molar-refractivity contribution in [2.75, 3.05) is 7.11 Å². The molecule has 140 valence electrons. The van der Waals surface area contributed by atoms with Crippen LogP contribution in [0.2, 0.25) is 5.15 Å². The number of carbonyl (C=O) groups excluding carboxylic acids is 1. The summed E-state index contributed by atoms with van der Waals surface area (Å²) in [5.41, 5.74) is 0.369. The van der Waals surface area contributed by atoms with Crippen LogP contribution >= 0.6 is 11.6 Å². The van der Waals surface area contributed by atoms with E-state index < -0.39 is 5.56 Å². The number of ether oxygens (including phenoxy) is 1. The first-order valence-corrected chi connectivity index (χ1v) is 8.63. The summed E-state index contributed by atoms with van der Waals surface area (Å²) in [5, 5.41) is 3.22. The van der Waals surface area contributed by atoms with Gasteiger partial charge in [0.25, 0.3) is 5.56 Å². The molecule has 0 aliphatic rings. The Balaban J connectivity index is 2.23. The number of carbonyl (C=O) groups is 1. The third kappa shape index (κ3) is 4.06. The molecule has 0 aliphatic carbocycles. The number of amides is 1. The van der Waals surface area contributed by atoms with Crippen LogP contribution in [-0.4, -0.2) is 38.6 Å². The smallest absolute Gasteiger partial charge is 0.262 e. The van der Waals surface area contributed by atoms with Crippen molar-refractivity contribution in [1.82, 2.24) is 24.8 Å². The molecule has 9 heteroatoms. The Bertz CT molecular complexity index is 1060. The highest BCUT2D eigenvalue weighted by molar-refractivity contribution is 6.30. The molecule has 0 spiro atoms. The molecular formula is C18H18ClN5O3. The van der Waals surface area contributed by atoms with Crippen molar-refractivity contribution in [3.05, 3.63) is 46.0 Å². The van der Waals surface area contributed by atoms with Crippen molar-refractivity contribution in [2.45, 2.75) is 26.4 Å². The third-order valence-corrected chi connectivity index (χ3v) is 3.93. The van der Waals surface area contributed by atoms with Gasteiger partial charge in [0.15, 0.2) is 5.82 Å². The van der Waals surface area contributed by atoms with E-state index in [0.29, 0.717) is 17.1 Å². The lowest BCUT2D eigenvalue weighted by molar-refractivity contribution is -0.122. The Labute approximate surface area is 160 Å². The molecule has 1 N–H and O–H groups in total. The zero-order valence-electron chi connectivity index (χ0n) is 15.1. The predicted molar refractivity (Wildman–Crippen MR) is 102 cm³/mol. The van der Waals surface area contributed by atoms with Crippen molar-refractivity contribution in [3.63, 3.8) is 0 Å². The summed E-state index contributed by atoms with van der Waals surface area (Å²) in [6.07, 6.45) is 1.42. The average molecular weight is 388 g/mol. The zero-order valence-corrected chi connectivity index (χ0v) is 15.8. The second-order valence-electron chi connectivity index (χ2n) is 6.14. The molecule has 0 atom stereocenters. The number of nitrogens with zero attached hydrogens (tertiary/aromatic N) is 4. The molecule has 3 rings (SSSR count). The van der Waals surface area contributed by atoms with Gasteiger partial charge >= 0.3 is 0 Å². The Morgan fingerprint density at radius 3 is 2.81 bits per heavy atom. The first kappa shape index (κ1) is 18.8. The molecule has 8 nitrogen and oxygen atoms in total. The molecule has 3 aromatic rings. The van der Waals surface area contributed by atoms with Gasteiger partial charge in [0, 0.05) is 12.1 Å². The van der Waals surface area contributed by atoms with Gasteiger partial charge in [0.05, 0.1) is 24.2 Å². The Morgan fingerprint density at radius 2 is 2.11 bits per heavy atom. The SMILES string of the molecule is COc1cccc(-c2nc3cnc(Cl)cc3c(=O)n2CC(=O)NC(C)C)n1. The van der Waals surface area contributed by atoms with Crippen LogP contribution < -0.4 is 15.6 Å². The Hall–Kier alpha value is -3.00. The summed E-state index contributed by atoms with van der Waals surface area (Å²) in [6, 6.07) is 6.48. The first-order valence-electron chi connectivity index (χ1n) is 8.26. The normalized spacial score (nSPS) is 11.0. The fourth-order valence-electron chi connectivity index (χ4n) is 2.61. The molecule has 3 heterocycles. The fraction of sp³-hybridized carbons (Fsp3) is 0.278. The van der Waals surface area contributed by atoms with Crippen molar-refractivity contribution < 1.29 is 9.53 Å². The van der Waals surface area contributed by atoms with E-state index in [4.69, 9.17) is 16.3 Å². The highest BCUT2D eigenvalue weighted by atomic mass is 35.5. The minimum absolute atomic E-state index is 0.0568. The number of methoxy groups -OCH3 is 1. The van der Waals surface area contributed by atoms with Gasteiger partial charge in [-0.2, -0.15) is 0 Å². The molecule has 1 amide bonds. The molecule has 27 heavy (non-hydrogen) atoms. The number of hydrogen-bond donors (Lipinski definition) is 1. The summed E-state index contributed by atoms with van der Waals surface area (Å²) < 4.78 is 6.42. The van der Waals surface area contributed by atoms with Gasteiger partial charge in [-0.1, -0.05) is 17.7 Å². The first-order chi connectivity index (χ1) is 12.9. The van der Waals surface area contributed by atoms with Crippen molar-refractivity contribution in [3.8, 4) is 17.4 Å². The quantitative estimate of drug-likeness (QED) is 0.672. The predicted octanol–water partition coefficient (Wildman–Crippen LogP) is 2.04. The summed E-state index contributed by atoms with van der Waals surface area (Å²) in [7, 11) is 1.50. The molecule has 0 aromatic carbocycles. The van der Waals surface area contributed by atoms with E-state index in [1.54, 1.807) is 18.2 Å². The molecule has 3 aromatic heterocycles. The highest BCUT2D eigenvalue weighted by Crippen LogP contribution is 2.20. The minimum Gasteiger partial charge on any atom is -0.481 e. The minimum atomic E-state index is -0.400. The second kappa shape index (κ2) is 7.71. The van der Waals surface area contributed by atoms with Crippen LogP contribution in [-0.2, 0) is 11.3 Å². The van der Waals surface area contributed by atoms with Gasteiger partial charge in [-0.25, -0.2) is 15.0 Å².